The Labute approximate surface area is 142 Å². The Hall–Kier alpha value is -2.36. The van der Waals surface area contributed by atoms with E-state index in [9.17, 15) is 0 Å². The third kappa shape index (κ3) is 2.66. The second kappa shape index (κ2) is 6.27. The van der Waals surface area contributed by atoms with Gasteiger partial charge in [-0.3, -0.25) is 4.40 Å². The van der Waals surface area contributed by atoms with Gasteiger partial charge in [0, 0.05) is 0 Å². The van der Waals surface area contributed by atoms with Gasteiger partial charge in [-0.1, -0.05) is 37.6 Å². The van der Waals surface area contributed by atoms with Crippen molar-refractivity contribution in [3.8, 4) is 5.75 Å². The molecule has 2 atom stereocenters. The summed E-state index contributed by atoms with van der Waals surface area (Å²) in [6.45, 7) is 4.22. The number of benzene rings is 1. The van der Waals surface area contributed by atoms with Crippen LogP contribution >= 0.6 is 0 Å². The molecule has 2 heterocycles. The fourth-order valence-electron chi connectivity index (χ4n) is 3.83. The monoisotopic (exact) mass is 321 g/mol. The first-order chi connectivity index (χ1) is 11.8. The SMILES string of the molecule is CCC[C@H]1CCC(Oc2ccc3nnc(C)n3c2)c2ccccc21. The number of ether oxygens (including phenoxy) is 1. The second-order valence-corrected chi connectivity index (χ2v) is 6.64. The topological polar surface area (TPSA) is 39.4 Å². The minimum Gasteiger partial charge on any atom is -0.484 e. The largest absolute Gasteiger partial charge is 0.484 e. The molecule has 1 aromatic carbocycles. The van der Waals surface area contributed by atoms with Gasteiger partial charge in [-0.15, -0.1) is 10.2 Å². The molecule has 0 spiro atoms. The van der Waals surface area contributed by atoms with E-state index in [1.54, 1.807) is 0 Å². The molecule has 124 valence electrons. The number of rotatable bonds is 4. The van der Waals surface area contributed by atoms with Crippen molar-refractivity contribution >= 4 is 5.65 Å². The fourth-order valence-corrected chi connectivity index (χ4v) is 3.83. The Morgan fingerprint density at radius 1 is 1.08 bits per heavy atom. The molecule has 1 aliphatic carbocycles. The van der Waals surface area contributed by atoms with Crippen molar-refractivity contribution in [2.45, 2.75) is 51.6 Å². The van der Waals surface area contributed by atoms with E-state index in [1.807, 2.05) is 29.7 Å². The molecule has 24 heavy (non-hydrogen) atoms. The van der Waals surface area contributed by atoms with Crippen LogP contribution in [-0.4, -0.2) is 14.6 Å². The van der Waals surface area contributed by atoms with Crippen LogP contribution in [0.5, 0.6) is 5.75 Å². The summed E-state index contributed by atoms with van der Waals surface area (Å²) in [6, 6.07) is 12.7. The Balaban J connectivity index is 1.64. The van der Waals surface area contributed by atoms with Gasteiger partial charge in [0.25, 0.3) is 0 Å². The lowest BCUT2D eigenvalue weighted by Gasteiger charge is -2.31. The normalized spacial score (nSPS) is 20.1. The molecular weight excluding hydrogens is 298 g/mol. The summed E-state index contributed by atoms with van der Waals surface area (Å²) < 4.78 is 8.34. The maximum absolute atomic E-state index is 6.36. The summed E-state index contributed by atoms with van der Waals surface area (Å²) in [4.78, 5) is 0. The molecule has 4 nitrogen and oxygen atoms in total. The third-order valence-corrected chi connectivity index (χ3v) is 5.02. The van der Waals surface area contributed by atoms with Gasteiger partial charge in [-0.2, -0.15) is 0 Å². The zero-order valence-corrected chi connectivity index (χ0v) is 14.3. The van der Waals surface area contributed by atoms with Gasteiger partial charge in [0.2, 0.25) is 0 Å². The third-order valence-electron chi connectivity index (χ3n) is 5.02. The number of pyridine rings is 1. The van der Waals surface area contributed by atoms with Crippen LogP contribution in [0.3, 0.4) is 0 Å². The quantitative estimate of drug-likeness (QED) is 0.690. The van der Waals surface area contributed by atoms with Crippen LogP contribution in [0.25, 0.3) is 5.65 Å². The summed E-state index contributed by atoms with van der Waals surface area (Å²) in [5.74, 6) is 2.43. The van der Waals surface area contributed by atoms with Gasteiger partial charge in [0.05, 0.1) is 6.20 Å². The highest BCUT2D eigenvalue weighted by Crippen LogP contribution is 2.41. The highest BCUT2D eigenvalue weighted by molar-refractivity contribution is 5.42. The molecule has 0 saturated carbocycles. The van der Waals surface area contributed by atoms with Crippen LogP contribution in [0.1, 0.15) is 61.6 Å². The van der Waals surface area contributed by atoms with Crippen LogP contribution in [0.2, 0.25) is 0 Å². The molecule has 0 amide bonds. The zero-order valence-electron chi connectivity index (χ0n) is 14.3. The van der Waals surface area contributed by atoms with Crippen molar-refractivity contribution in [3.05, 3.63) is 59.5 Å². The van der Waals surface area contributed by atoms with Crippen molar-refractivity contribution in [1.29, 1.82) is 0 Å². The molecular formula is C20H23N3O. The lowest BCUT2D eigenvalue weighted by Crippen LogP contribution is -2.18. The van der Waals surface area contributed by atoms with Crippen molar-refractivity contribution in [2.75, 3.05) is 0 Å². The van der Waals surface area contributed by atoms with Crippen molar-refractivity contribution in [1.82, 2.24) is 14.6 Å². The van der Waals surface area contributed by atoms with Crippen molar-refractivity contribution < 1.29 is 4.74 Å². The van der Waals surface area contributed by atoms with E-state index >= 15 is 0 Å². The maximum Gasteiger partial charge on any atom is 0.161 e. The molecule has 0 saturated heterocycles. The van der Waals surface area contributed by atoms with Crippen molar-refractivity contribution in [2.24, 2.45) is 0 Å². The summed E-state index contributed by atoms with van der Waals surface area (Å²) in [5, 5.41) is 8.24. The molecule has 0 fully saturated rings. The van der Waals surface area contributed by atoms with E-state index < -0.39 is 0 Å². The van der Waals surface area contributed by atoms with Crippen LogP contribution in [-0.2, 0) is 0 Å². The van der Waals surface area contributed by atoms with Crippen molar-refractivity contribution in [3.63, 3.8) is 0 Å². The van der Waals surface area contributed by atoms with Gasteiger partial charge in [0.15, 0.2) is 5.65 Å². The van der Waals surface area contributed by atoms with Crippen LogP contribution in [0.4, 0.5) is 0 Å². The van der Waals surface area contributed by atoms with E-state index in [1.165, 1.54) is 30.4 Å². The first-order valence-electron chi connectivity index (χ1n) is 8.83. The molecule has 1 aliphatic rings. The summed E-state index contributed by atoms with van der Waals surface area (Å²) in [6.07, 6.45) is 6.88. The molecule has 4 heteroatoms. The Kier molecular flexibility index (Phi) is 3.97. The zero-order chi connectivity index (χ0) is 16.5. The average molecular weight is 321 g/mol. The molecule has 0 bridgehead atoms. The molecule has 2 aromatic heterocycles. The van der Waals surface area contributed by atoms with E-state index in [2.05, 4.69) is 41.4 Å². The van der Waals surface area contributed by atoms with E-state index in [-0.39, 0.29) is 6.10 Å². The number of nitrogens with zero attached hydrogens (tertiary/aromatic N) is 3. The van der Waals surface area contributed by atoms with Gasteiger partial charge in [-0.25, -0.2) is 0 Å². The molecule has 1 unspecified atom stereocenters. The average Bonchev–Trinajstić information content (AvgIpc) is 2.98. The van der Waals surface area contributed by atoms with E-state index in [0.29, 0.717) is 5.92 Å². The van der Waals surface area contributed by atoms with Gasteiger partial charge >= 0.3 is 0 Å². The Bertz CT molecular complexity index is 855. The van der Waals surface area contributed by atoms with Gasteiger partial charge in [-0.05, 0) is 55.4 Å². The standard InChI is InChI=1S/C20H23N3O/c1-3-6-15-9-11-19(18-8-5-4-7-17(15)18)24-16-10-12-20-22-21-14(2)23(20)13-16/h4-5,7-8,10,12-13,15,19H,3,6,9,11H2,1-2H3/t15-,19?/m0/s1. The van der Waals surface area contributed by atoms with E-state index in [0.717, 1.165) is 23.6 Å². The molecule has 4 rings (SSSR count). The van der Waals surface area contributed by atoms with E-state index in [4.69, 9.17) is 4.74 Å². The number of hydrogen-bond acceptors (Lipinski definition) is 3. The van der Waals surface area contributed by atoms with Gasteiger partial charge < -0.3 is 4.74 Å². The predicted molar refractivity (Wildman–Crippen MR) is 94.4 cm³/mol. The summed E-state index contributed by atoms with van der Waals surface area (Å²) in [7, 11) is 0. The molecule has 0 radical (unpaired) electrons. The first-order valence-corrected chi connectivity index (χ1v) is 8.83. The minimum atomic E-state index is 0.128. The predicted octanol–water partition coefficient (Wildman–Crippen LogP) is 4.84. The fraction of sp³-hybridized carbons (Fsp3) is 0.400. The highest BCUT2D eigenvalue weighted by atomic mass is 16.5. The summed E-state index contributed by atoms with van der Waals surface area (Å²) >= 11 is 0. The number of aryl methyl sites for hydroxylation is 1. The van der Waals surface area contributed by atoms with Crippen LogP contribution < -0.4 is 4.74 Å². The van der Waals surface area contributed by atoms with Crippen LogP contribution in [0.15, 0.2) is 42.6 Å². The first kappa shape index (κ1) is 15.2. The Morgan fingerprint density at radius 3 is 2.75 bits per heavy atom. The highest BCUT2D eigenvalue weighted by Gasteiger charge is 2.27. The summed E-state index contributed by atoms with van der Waals surface area (Å²) in [5.41, 5.74) is 3.67. The number of hydrogen-bond donors (Lipinski definition) is 0. The second-order valence-electron chi connectivity index (χ2n) is 6.64. The minimum absolute atomic E-state index is 0.128. The smallest absolute Gasteiger partial charge is 0.161 e. The Morgan fingerprint density at radius 2 is 1.92 bits per heavy atom. The lowest BCUT2D eigenvalue weighted by molar-refractivity contribution is 0.174. The van der Waals surface area contributed by atoms with Gasteiger partial charge in [0.1, 0.15) is 17.7 Å². The van der Waals surface area contributed by atoms with Crippen LogP contribution in [0, 0.1) is 6.92 Å². The molecule has 3 aromatic rings. The molecule has 0 aliphatic heterocycles. The molecule has 0 N–H and O–H groups in total. The lowest BCUT2D eigenvalue weighted by atomic mass is 9.79. The number of fused-ring (bicyclic) bond motifs is 2. The number of aromatic nitrogens is 3. The maximum atomic E-state index is 6.36.